The van der Waals surface area contributed by atoms with Gasteiger partial charge in [-0.05, 0) is 60.3 Å². The summed E-state index contributed by atoms with van der Waals surface area (Å²) in [5.74, 6) is 0.881. The third-order valence-electron chi connectivity index (χ3n) is 5.87. The number of aromatic nitrogens is 1. The van der Waals surface area contributed by atoms with Gasteiger partial charge in [0.2, 0.25) is 5.91 Å². The molecular formula is C26H29N3O2. The molecule has 0 spiro atoms. The van der Waals surface area contributed by atoms with Gasteiger partial charge >= 0.3 is 0 Å². The third kappa shape index (κ3) is 5.12. The van der Waals surface area contributed by atoms with E-state index in [1.165, 1.54) is 29.2 Å². The summed E-state index contributed by atoms with van der Waals surface area (Å²) in [5.41, 5.74) is 5.76. The normalized spacial score (nSPS) is 16.3. The van der Waals surface area contributed by atoms with Gasteiger partial charge in [-0.25, -0.2) is 0 Å². The molecule has 1 unspecified atom stereocenters. The Bertz CT molecular complexity index is 1040. The Kier molecular flexibility index (Phi) is 6.63. The highest BCUT2D eigenvalue weighted by Gasteiger charge is 2.27. The standard InChI is InChI=1S/C26H29N3O2/c1-19(30)28-17-24-16-22(12-13-27-24)25-9-6-14-29(25)18-23-15-21(10-11-26(23)31-2)20-7-4-3-5-8-20/h3-5,7-8,10-13,15-16,25H,6,9,14,17-18H2,1-2H3,(H,28,30). The van der Waals surface area contributed by atoms with E-state index in [2.05, 4.69) is 69.8 Å². The van der Waals surface area contributed by atoms with Crippen molar-refractivity contribution >= 4 is 5.91 Å². The largest absolute Gasteiger partial charge is 0.496 e. The lowest BCUT2D eigenvalue weighted by Crippen LogP contribution is -2.24. The zero-order valence-corrected chi connectivity index (χ0v) is 18.2. The van der Waals surface area contributed by atoms with Crippen molar-refractivity contribution in [2.45, 2.75) is 38.9 Å². The Hall–Kier alpha value is -3.18. The van der Waals surface area contributed by atoms with Crippen LogP contribution in [0.5, 0.6) is 5.75 Å². The van der Waals surface area contributed by atoms with Crippen molar-refractivity contribution in [3.8, 4) is 16.9 Å². The van der Waals surface area contributed by atoms with E-state index in [0.29, 0.717) is 12.6 Å². The van der Waals surface area contributed by atoms with Gasteiger partial charge < -0.3 is 10.1 Å². The number of rotatable bonds is 7. The maximum Gasteiger partial charge on any atom is 0.217 e. The van der Waals surface area contributed by atoms with Gasteiger partial charge in [0.25, 0.3) is 0 Å². The molecule has 0 bridgehead atoms. The molecule has 1 N–H and O–H groups in total. The molecule has 1 amide bonds. The number of methoxy groups -OCH3 is 1. The number of hydrogen-bond donors (Lipinski definition) is 1. The summed E-state index contributed by atoms with van der Waals surface area (Å²) < 4.78 is 5.68. The minimum Gasteiger partial charge on any atom is -0.496 e. The van der Waals surface area contributed by atoms with Crippen LogP contribution in [0.3, 0.4) is 0 Å². The monoisotopic (exact) mass is 415 g/mol. The Labute approximate surface area is 184 Å². The summed E-state index contributed by atoms with van der Waals surface area (Å²) in [5, 5.41) is 2.84. The predicted octanol–water partition coefficient (Wildman–Crippen LogP) is 4.73. The van der Waals surface area contributed by atoms with Crippen molar-refractivity contribution < 1.29 is 9.53 Å². The molecule has 1 saturated heterocycles. The lowest BCUT2D eigenvalue weighted by atomic mass is 10.0. The van der Waals surface area contributed by atoms with Crippen LogP contribution in [0.15, 0.2) is 66.9 Å². The molecule has 1 aliphatic rings. The highest BCUT2D eigenvalue weighted by atomic mass is 16.5. The molecule has 160 valence electrons. The fourth-order valence-corrected chi connectivity index (χ4v) is 4.34. The number of hydrogen-bond acceptors (Lipinski definition) is 4. The fraction of sp³-hybridized carbons (Fsp3) is 0.308. The maximum atomic E-state index is 11.2. The van der Waals surface area contributed by atoms with Gasteiger partial charge in [-0.2, -0.15) is 0 Å². The number of likely N-dealkylation sites (tertiary alicyclic amines) is 1. The van der Waals surface area contributed by atoms with E-state index in [1.807, 2.05) is 12.3 Å². The Morgan fingerprint density at radius 2 is 1.97 bits per heavy atom. The number of carbonyl (C=O) groups excluding carboxylic acids is 1. The molecule has 1 atom stereocenters. The molecule has 2 aromatic carbocycles. The van der Waals surface area contributed by atoms with Crippen LogP contribution in [-0.4, -0.2) is 29.4 Å². The lowest BCUT2D eigenvalue weighted by Gasteiger charge is -2.26. The second-order valence-electron chi connectivity index (χ2n) is 8.01. The topological polar surface area (TPSA) is 54.5 Å². The van der Waals surface area contributed by atoms with Crippen LogP contribution < -0.4 is 10.1 Å². The molecule has 2 heterocycles. The Morgan fingerprint density at radius 1 is 1.13 bits per heavy atom. The molecular weight excluding hydrogens is 386 g/mol. The number of amides is 1. The van der Waals surface area contributed by atoms with Gasteiger partial charge in [0.05, 0.1) is 19.3 Å². The average molecular weight is 416 g/mol. The average Bonchev–Trinajstić information content (AvgIpc) is 3.26. The highest BCUT2D eigenvalue weighted by Crippen LogP contribution is 2.36. The van der Waals surface area contributed by atoms with E-state index in [9.17, 15) is 4.79 Å². The number of carbonyl (C=O) groups is 1. The number of nitrogens with zero attached hydrogens (tertiary/aromatic N) is 2. The molecule has 0 saturated carbocycles. The third-order valence-corrected chi connectivity index (χ3v) is 5.87. The first-order valence-electron chi connectivity index (χ1n) is 10.8. The second-order valence-corrected chi connectivity index (χ2v) is 8.01. The van der Waals surface area contributed by atoms with E-state index in [0.717, 1.165) is 37.4 Å². The van der Waals surface area contributed by atoms with Crippen molar-refractivity contribution in [3.05, 3.63) is 83.7 Å². The number of ether oxygens (including phenoxy) is 1. The maximum absolute atomic E-state index is 11.2. The number of benzene rings is 2. The van der Waals surface area contributed by atoms with Crippen LogP contribution in [0.2, 0.25) is 0 Å². The summed E-state index contributed by atoms with van der Waals surface area (Å²) in [7, 11) is 1.74. The molecule has 5 heteroatoms. The Morgan fingerprint density at radius 3 is 2.74 bits per heavy atom. The van der Waals surface area contributed by atoms with Crippen LogP contribution in [0.25, 0.3) is 11.1 Å². The fourth-order valence-electron chi connectivity index (χ4n) is 4.34. The molecule has 1 fully saturated rings. The van der Waals surface area contributed by atoms with Crippen LogP contribution in [-0.2, 0) is 17.9 Å². The van der Waals surface area contributed by atoms with Gasteiger partial charge in [0.1, 0.15) is 5.75 Å². The summed E-state index contributed by atoms with van der Waals surface area (Å²) in [4.78, 5) is 18.2. The molecule has 3 aromatic rings. The molecule has 0 radical (unpaired) electrons. The highest BCUT2D eigenvalue weighted by molar-refractivity contribution is 5.72. The van der Waals surface area contributed by atoms with E-state index < -0.39 is 0 Å². The quantitative estimate of drug-likeness (QED) is 0.606. The zero-order chi connectivity index (χ0) is 21.6. The van der Waals surface area contributed by atoms with Crippen molar-refractivity contribution in [2.75, 3.05) is 13.7 Å². The summed E-state index contributed by atoms with van der Waals surface area (Å²) >= 11 is 0. The van der Waals surface area contributed by atoms with E-state index in [-0.39, 0.29) is 5.91 Å². The number of pyridine rings is 1. The Balaban J connectivity index is 1.56. The van der Waals surface area contributed by atoms with Crippen LogP contribution in [0.4, 0.5) is 0 Å². The van der Waals surface area contributed by atoms with Gasteiger partial charge in [-0.1, -0.05) is 36.4 Å². The van der Waals surface area contributed by atoms with Crippen molar-refractivity contribution in [1.82, 2.24) is 15.2 Å². The second kappa shape index (κ2) is 9.75. The molecule has 1 aliphatic heterocycles. The van der Waals surface area contributed by atoms with Gasteiger partial charge in [-0.3, -0.25) is 14.7 Å². The van der Waals surface area contributed by atoms with Crippen LogP contribution >= 0.6 is 0 Å². The van der Waals surface area contributed by atoms with E-state index >= 15 is 0 Å². The summed E-state index contributed by atoms with van der Waals surface area (Å²) in [6, 6.07) is 21.4. The first kappa shape index (κ1) is 21.1. The molecule has 4 rings (SSSR count). The van der Waals surface area contributed by atoms with E-state index in [1.54, 1.807) is 7.11 Å². The van der Waals surface area contributed by atoms with Gasteiger partial charge in [-0.15, -0.1) is 0 Å². The zero-order valence-electron chi connectivity index (χ0n) is 18.2. The van der Waals surface area contributed by atoms with Crippen LogP contribution in [0.1, 0.15) is 42.6 Å². The minimum absolute atomic E-state index is 0.0416. The van der Waals surface area contributed by atoms with Crippen molar-refractivity contribution in [1.29, 1.82) is 0 Å². The SMILES string of the molecule is COc1ccc(-c2ccccc2)cc1CN1CCCC1c1ccnc(CNC(C)=O)c1. The van der Waals surface area contributed by atoms with Crippen molar-refractivity contribution in [3.63, 3.8) is 0 Å². The van der Waals surface area contributed by atoms with Crippen molar-refractivity contribution in [2.24, 2.45) is 0 Å². The minimum atomic E-state index is -0.0416. The smallest absolute Gasteiger partial charge is 0.217 e. The summed E-state index contributed by atoms with van der Waals surface area (Å²) in [6.07, 6.45) is 4.12. The lowest BCUT2D eigenvalue weighted by molar-refractivity contribution is -0.119. The van der Waals surface area contributed by atoms with E-state index in [4.69, 9.17) is 4.74 Å². The van der Waals surface area contributed by atoms with Crippen LogP contribution in [0, 0.1) is 0 Å². The molecule has 31 heavy (non-hydrogen) atoms. The summed E-state index contributed by atoms with van der Waals surface area (Å²) in [6.45, 7) is 3.87. The van der Waals surface area contributed by atoms with Gasteiger partial charge in [0.15, 0.2) is 0 Å². The molecule has 5 nitrogen and oxygen atoms in total. The van der Waals surface area contributed by atoms with Gasteiger partial charge in [0, 0.05) is 31.3 Å². The number of nitrogens with one attached hydrogen (secondary N) is 1. The first-order chi connectivity index (χ1) is 15.1. The molecule has 1 aromatic heterocycles. The first-order valence-corrected chi connectivity index (χ1v) is 10.8. The predicted molar refractivity (Wildman–Crippen MR) is 123 cm³/mol. The molecule has 0 aliphatic carbocycles.